The number of rotatable bonds is 4. The molecule has 2 rings (SSSR count). The maximum Gasteiger partial charge on any atom is 0.235 e. The smallest absolute Gasteiger partial charge is 0.235 e. The number of nitrogens with two attached hydrogens (primary N) is 1. The van der Waals surface area contributed by atoms with Crippen LogP contribution in [0.2, 0.25) is 0 Å². The molecule has 6 heteroatoms. The molecule has 0 aliphatic heterocycles. The number of halogens is 1. The summed E-state index contributed by atoms with van der Waals surface area (Å²) in [5.74, 6) is 0.0780. The van der Waals surface area contributed by atoms with Crippen LogP contribution < -0.4 is 5.73 Å². The van der Waals surface area contributed by atoms with Crippen molar-refractivity contribution in [2.24, 2.45) is 11.1 Å². The van der Waals surface area contributed by atoms with Crippen molar-refractivity contribution in [3.05, 3.63) is 20.8 Å². The number of carbonyl (C=O) groups excluding carboxylic acids is 1. The Kier molecular flexibility index (Phi) is 5.20. The fourth-order valence-electron chi connectivity index (χ4n) is 2.83. The van der Waals surface area contributed by atoms with E-state index in [1.165, 1.54) is 6.42 Å². The van der Waals surface area contributed by atoms with Gasteiger partial charge in [0.05, 0.1) is 16.9 Å². The molecule has 20 heavy (non-hydrogen) atoms. The van der Waals surface area contributed by atoms with Gasteiger partial charge in [-0.1, -0.05) is 31.5 Å². The largest absolute Gasteiger partial charge is 0.392 e. The molecule has 0 unspecified atom stereocenters. The van der Waals surface area contributed by atoms with Crippen molar-refractivity contribution in [1.29, 1.82) is 0 Å². The van der Waals surface area contributed by atoms with E-state index in [1.54, 1.807) is 16.2 Å². The van der Waals surface area contributed by atoms with Gasteiger partial charge in [-0.25, -0.2) is 0 Å². The number of hydrogen-bond donors (Lipinski definition) is 1. The molecule has 1 aliphatic carbocycles. The monoisotopic (exact) mass is 374 g/mol. The van der Waals surface area contributed by atoms with Crippen molar-refractivity contribution in [3.8, 4) is 0 Å². The van der Waals surface area contributed by atoms with Gasteiger partial charge in [-0.05, 0) is 34.8 Å². The van der Waals surface area contributed by atoms with Gasteiger partial charge in [0, 0.05) is 21.8 Å². The maximum absolute atomic E-state index is 12.8. The molecule has 0 aromatic carbocycles. The molecule has 1 fully saturated rings. The van der Waals surface area contributed by atoms with E-state index >= 15 is 0 Å². The third-order valence-electron chi connectivity index (χ3n) is 3.95. The normalized spacial score (nSPS) is 17.7. The van der Waals surface area contributed by atoms with E-state index in [1.807, 2.05) is 18.5 Å². The number of thiophene rings is 1. The van der Waals surface area contributed by atoms with Crippen LogP contribution in [0, 0.1) is 5.41 Å². The average Bonchev–Trinajstić information content (AvgIpc) is 2.83. The van der Waals surface area contributed by atoms with E-state index < -0.39 is 5.41 Å². The molecule has 1 amide bonds. The molecule has 3 nitrogen and oxygen atoms in total. The summed E-state index contributed by atoms with van der Waals surface area (Å²) in [4.78, 5) is 16.1. The summed E-state index contributed by atoms with van der Waals surface area (Å²) in [5, 5.41) is 2.03. The number of amides is 1. The van der Waals surface area contributed by atoms with Crippen LogP contribution in [0.25, 0.3) is 0 Å². The second-order valence-corrected chi connectivity index (χ2v) is 7.75. The molecule has 0 bridgehead atoms. The van der Waals surface area contributed by atoms with Gasteiger partial charge in [0.15, 0.2) is 0 Å². The average molecular weight is 375 g/mol. The van der Waals surface area contributed by atoms with Crippen molar-refractivity contribution < 1.29 is 4.79 Å². The number of carbonyl (C=O) groups is 1. The summed E-state index contributed by atoms with van der Waals surface area (Å²) in [6.45, 7) is 0.611. The first-order valence-electron chi connectivity index (χ1n) is 6.74. The molecule has 1 aliphatic rings. The lowest BCUT2D eigenvalue weighted by molar-refractivity contribution is -0.138. The zero-order valence-electron chi connectivity index (χ0n) is 11.5. The van der Waals surface area contributed by atoms with Gasteiger partial charge >= 0.3 is 0 Å². The summed E-state index contributed by atoms with van der Waals surface area (Å²) >= 11 is 10.3. The molecular weight excluding hydrogens is 356 g/mol. The number of nitrogens with zero attached hydrogens (tertiary/aromatic N) is 1. The third-order valence-corrected chi connectivity index (χ3v) is 6.02. The van der Waals surface area contributed by atoms with Crippen molar-refractivity contribution in [1.82, 2.24) is 4.90 Å². The fourth-order valence-corrected chi connectivity index (χ4v) is 4.62. The number of hydrogen-bond acceptors (Lipinski definition) is 3. The van der Waals surface area contributed by atoms with Crippen LogP contribution in [-0.4, -0.2) is 22.8 Å². The Hall–Kier alpha value is -0.460. The first-order valence-corrected chi connectivity index (χ1v) is 8.82. The van der Waals surface area contributed by atoms with Crippen LogP contribution >= 0.6 is 39.5 Å². The summed E-state index contributed by atoms with van der Waals surface area (Å²) in [5.41, 5.74) is 5.30. The molecular formula is C14H19BrN2OS2. The maximum atomic E-state index is 12.8. The molecule has 0 spiro atoms. The van der Waals surface area contributed by atoms with Gasteiger partial charge in [-0.3, -0.25) is 4.79 Å². The van der Waals surface area contributed by atoms with Crippen LogP contribution in [0.3, 0.4) is 0 Å². The van der Waals surface area contributed by atoms with Crippen molar-refractivity contribution in [3.63, 3.8) is 0 Å². The molecule has 0 atom stereocenters. The van der Waals surface area contributed by atoms with Gasteiger partial charge in [0.1, 0.15) is 0 Å². The molecule has 0 radical (unpaired) electrons. The van der Waals surface area contributed by atoms with Crippen molar-refractivity contribution in [2.45, 2.75) is 38.6 Å². The molecule has 1 aromatic heterocycles. The summed E-state index contributed by atoms with van der Waals surface area (Å²) in [6.07, 6.45) is 4.81. The van der Waals surface area contributed by atoms with Gasteiger partial charge in [-0.2, -0.15) is 0 Å². The van der Waals surface area contributed by atoms with E-state index in [9.17, 15) is 4.79 Å². The Morgan fingerprint density at radius 2 is 2.15 bits per heavy atom. The Morgan fingerprint density at radius 3 is 2.65 bits per heavy atom. The van der Waals surface area contributed by atoms with E-state index in [0.717, 1.165) is 35.0 Å². The minimum atomic E-state index is -0.614. The highest BCUT2D eigenvalue weighted by molar-refractivity contribution is 9.10. The molecule has 2 N–H and O–H groups in total. The molecule has 1 heterocycles. The van der Waals surface area contributed by atoms with Gasteiger partial charge in [-0.15, -0.1) is 11.3 Å². The highest BCUT2D eigenvalue weighted by Crippen LogP contribution is 2.38. The summed E-state index contributed by atoms with van der Waals surface area (Å²) in [7, 11) is 1.84. The summed E-state index contributed by atoms with van der Waals surface area (Å²) in [6, 6.07) is 2.04. The van der Waals surface area contributed by atoms with Crippen LogP contribution in [0.1, 0.15) is 37.0 Å². The standard InChI is InChI=1S/C14H19BrN2OS2/c1-17(8-11-7-10(15)9-20-11)13(18)14(12(16)19)5-3-2-4-6-14/h7,9H,2-6,8H2,1H3,(H2,16,19). The zero-order valence-corrected chi connectivity index (χ0v) is 14.7. The summed E-state index contributed by atoms with van der Waals surface area (Å²) < 4.78 is 1.06. The predicted molar refractivity (Wildman–Crippen MR) is 90.8 cm³/mol. The lowest BCUT2D eigenvalue weighted by Gasteiger charge is -2.37. The lowest BCUT2D eigenvalue weighted by atomic mass is 9.73. The van der Waals surface area contributed by atoms with E-state index in [0.29, 0.717) is 11.5 Å². The zero-order chi connectivity index (χ0) is 14.8. The number of thiocarbonyl (C=S) groups is 1. The van der Waals surface area contributed by atoms with Crippen LogP contribution in [0.15, 0.2) is 15.9 Å². The molecule has 1 aromatic rings. The van der Waals surface area contributed by atoms with Gasteiger partial charge in [0.2, 0.25) is 5.91 Å². The van der Waals surface area contributed by atoms with Gasteiger partial charge < -0.3 is 10.6 Å². The minimum Gasteiger partial charge on any atom is -0.392 e. The van der Waals surface area contributed by atoms with Gasteiger partial charge in [0.25, 0.3) is 0 Å². The minimum absolute atomic E-state index is 0.0780. The Labute approximate surface area is 137 Å². The van der Waals surface area contributed by atoms with Crippen molar-refractivity contribution in [2.75, 3.05) is 7.05 Å². The molecule has 0 saturated heterocycles. The van der Waals surface area contributed by atoms with Crippen LogP contribution in [-0.2, 0) is 11.3 Å². The van der Waals surface area contributed by atoms with E-state index in [4.69, 9.17) is 18.0 Å². The van der Waals surface area contributed by atoms with Crippen molar-refractivity contribution >= 4 is 50.4 Å². The Morgan fingerprint density at radius 1 is 1.50 bits per heavy atom. The quantitative estimate of drug-likeness (QED) is 0.817. The lowest BCUT2D eigenvalue weighted by Crippen LogP contribution is -2.50. The van der Waals surface area contributed by atoms with E-state index in [2.05, 4.69) is 15.9 Å². The first-order chi connectivity index (χ1) is 9.45. The first kappa shape index (κ1) is 15.9. The van der Waals surface area contributed by atoms with E-state index in [-0.39, 0.29) is 5.91 Å². The fraction of sp³-hybridized carbons (Fsp3) is 0.571. The second-order valence-electron chi connectivity index (χ2n) is 5.40. The molecule has 110 valence electrons. The SMILES string of the molecule is CN(Cc1cc(Br)cs1)C(=O)C1(C(N)=S)CCCCC1. The third kappa shape index (κ3) is 3.23. The highest BCUT2D eigenvalue weighted by atomic mass is 79.9. The Bertz CT molecular complexity index is 509. The highest BCUT2D eigenvalue weighted by Gasteiger charge is 2.43. The predicted octanol–water partition coefficient (Wildman–Crippen LogP) is 3.71. The molecule has 1 saturated carbocycles. The van der Waals surface area contributed by atoms with Crippen LogP contribution in [0.4, 0.5) is 0 Å². The van der Waals surface area contributed by atoms with Crippen LogP contribution in [0.5, 0.6) is 0 Å². The topological polar surface area (TPSA) is 46.3 Å². The second kappa shape index (κ2) is 6.54. The Balaban J connectivity index is 2.12.